The van der Waals surface area contributed by atoms with Crippen LogP contribution in [0.5, 0.6) is 0 Å². The lowest BCUT2D eigenvalue weighted by atomic mass is 10.1. The summed E-state index contributed by atoms with van der Waals surface area (Å²) >= 11 is 0. The van der Waals surface area contributed by atoms with E-state index in [2.05, 4.69) is 11.7 Å². The molecule has 0 aromatic heterocycles. The Morgan fingerprint density at radius 2 is 2.40 bits per heavy atom. The van der Waals surface area contributed by atoms with E-state index in [0.717, 1.165) is 11.8 Å². The van der Waals surface area contributed by atoms with Crippen LogP contribution < -0.4 is 0 Å². The number of hydrazone groups is 1. The lowest BCUT2D eigenvalue weighted by Gasteiger charge is -2.12. The number of carbonyl (C=O) groups excluding carboxylic acids is 2. The molecule has 0 aromatic rings. The number of rotatable bonds is 4. The zero-order valence-corrected chi connectivity index (χ0v) is 8.90. The van der Waals surface area contributed by atoms with Gasteiger partial charge >= 0.3 is 5.97 Å². The highest BCUT2D eigenvalue weighted by atomic mass is 16.5. The van der Waals surface area contributed by atoms with Crippen LogP contribution in [0.4, 0.5) is 0 Å². The fraction of sp³-hybridized carbons (Fsp3) is 0.500. The first-order valence-corrected chi connectivity index (χ1v) is 4.72. The maximum absolute atomic E-state index is 11.5. The molecular formula is C10H14N2O3. The Hall–Kier alpha value is -1.65. The molecule has 1 amide bonds. The van der Waals surface area contributed by atoms with Crippen molar-refractivity contribution in [1.29, 1.82) is 0 Å². The summed E-state index contributed by atoms with van der Waals surface area (Å²) in [5, 5.41) is 5.39. The molecule has 0 N–H and O–H groups in total. The van der Waals surface area contributed by atoms with Crippen molar-refractivity contribution >= 4 is 17.6 Å². The molecule has 82 valence electrons. The molecule has 1 aliphatic heterocycles. The van der Waals surface area contributed by atoms with Crippen molar-refractivity contribution in [3.63, 3.8) is 0 Å². The Balaban J connectivity index is 2.38. The Bertz CT molecular complexity index is 323. The van der Waals surface area contributed by atoms with Gasteiger partial charge in [0.25, 0.3) is 5.91 Å². The summed E-state index contributed by atoms with van der Waals surface area (Å²) in [7, 11) is 0. The lowest BCUT2D eigenvalue weighted by molar-refractivity contribution is -0.140. The predicted molar refractivity (Wildman–Crippen MR) is 55.1 cm³/mol. The van der Waals surface area contributed by atoms with Gasteiger partial charge in [-0.3, -0.25) is 4.79 Å². The topological polar surface area (TPSA) is 59.0 Å². The highest BCUT2D eigenvalue weighted by Gasteiger charge is 2.29. The van der Waals surface area contributed by atoms with Gasteiger partial charge in [0.2, 0.25) is 0 Å². The Morgan fingerprint density at radius 3 is 2.87 bits per heavy atom. The number of hydrogen-bond acceptors (Lipinski definition) is 4. The summed E-state index contributed by atoms with van der Waals surface area (Å²) in [5.74, 6) is -0.711. The van der Waals surface area contributed by atoms with Crippen molar-refractivity contribution in [2.24, 2.45) is 11.0 Å². The van der Waals surface area contributed by atoms with Crippen molar-refractivity contribution in [1.82, 2.24) is 5.01 Å². The average Bonchev–Trinajstić information content (AvgIpc) is 2.46. The van der Waals surface area contributed by atoms with Crippen LogP contribution in [0.3, 0.4) is 0 Å². The van der Waals surface area contributed by atoms with Gasteiger partial charge in [0.05, 0.1) is 12.5 Å². The lowest BCUT2D eigenvalue weighted by Crippen LogP contribution is -2.29. The highest BCUT2D eigenvalue weighted by molar-refractivity contribution is 6.06. The van der Waals surface area contributed by atoms with Crippen LogP contribution in [0.15, 0.2) is 17.8 Å². The molecular weight excluding hydrogens is 196 g/mol. The number of nitrogens with zero attached hydrogens (tertiary/aromatic N) is 2. The van der Waals surface area contributed by atoms with Gasteiger partial charge in [-0.2, -0.15) is 5.10 Å². The summed E-state index contributed by atoms with van der Waals surface area (Å²) in [6.07, 6.45) is 1.09. The van der Waals surface area contributed by atoms with Crippen LogP contribution in [0.1, 0.15) is 13.8 Å². The molecule has 1 rings (SSSR count). The van der Waals surface area contributed by atoms with Gasteiger partial charge in [0.15, 0.2) is 0 Å². The minimum Gasteiger partial charge on any atom is -0.461 e. The molecule has 0 aromatic carbocycles. The molecule has 1 aliphatic rings. The summed E-state index contributed by atoms with van der Waals surface area (Å²) in [4.78, 5) is 22.2. The van der Waals surface area contributed by atoms with Crippen molar-refractivity contribution in [2.45, 2.75) is 13.8 Å². The van der Waals surface area contributed by atoms with Gasteiger partial charge in [-0.05, 0) is 13.8 Å². The highest BCUT2D eigenvalue weighted by Crippen LogP contribution is 2.13. The first-order valence-electron chi connectivity index (χ1n) is 4.72. The summed E-state index contributed by atoms with van der Waals surface area (Å²) in [6, 6.07) is 0. The number of carbonyl (C=O) groups is 2. The SMILES string of the molecule is C=CC(=O)OCCN1N=C(C)C(C)C1=O. The van der Waals surface area contributed by atoms with Crippen molar-refractivity contribution < 1.29 is 14.3 Å². The number of ether oxygens (including phenoxy) is 1. The van der Waals surface area contributed by atoms with Crippen molar-refractivity contribution in [3.05, 3.63) is 12.7 Å². The van der Waals surface area contributed by atoms with Crippen LogP contribution in [0.2, 0.25) is 0 Å². The smallest absolute Gasteiger partial charge is 0.330 e. The van der Waals surface area contributed by atoms with Gasteiger partial charge in [0, 0.05) is 11.8 Å². The predicted octanol–water partition coefficient (Wildman–Crippen LogP) is 0.570. The van der Waals surface area contributed by atoms with Gasteiger partial charge < -0.3 is 4.74 Å². The van der Waals surface area contributed by atoms with E-state index in [4.69, 9.17) is 4.74 Å². The quantitative estimate of drug-likeness (QED) is 0.503. The molecule has 0 spiro atoms. The Labute approximate surface area is 88.4 Å². The standard InChI is InChI=1S/C10H14N2O3/c1-4-9(13)15-6-5-12-10(14)7(2)8(3)11-12/h4,7H,1,5-6H2,2-3H3. The normalized spacial score (nSPS) is 20.1. The average molecular weight is 210 g/mol. The molecule has 1 heterocycles. The van der Waals surface area contributed by atoms with E-state index < -0.39 is 5.97 Å². The van der Waals surface area contributed by atoms with E-state index in [0.29, 0.717) is 6.54 Å². The zero-order valence-electron chi connectivity index (χ0n) is 8.90. The van der Waals surface area contributed by atoms with Gasteiger partial charge in [-0.15, -0.1) is 0 Å². The maximum Gasteiger partial charge on any atom is 0.330 e. The third-order valence-corrected chi connectivity index (χ3v) is 2.24. The van der Waals surface area contributed by atoms with E-state index in [-0.39, 0.29) is 18.4 Å². The second-order valence-corrected chi connectivity index (χ2v) is 3.30. The third-order valence-electron chi connectivity index (χ3n) is 2.24. The molecule has 0 bridgehead atoms. The molecule has 0 saturated heterocycles. The minimum absolute atomic E-state index is 0.0536. The molecule has 5 nitrogen and oxygen atoms in total. The van der Waals surface area contributed by atoms with Crippen LogP contribution in [-0.2, 0) is 14.3 Å². The van der Waals surface area contributed by atoms with E-state index in [1.54, 1.807) is 13.8 Å². The fourth-order valence-electron chi connectivity index (χ4n) is 1.18. The molecule has 0 fully saturated rings. The van der Waals surface area contributed by atoms with Crippen LogP contribution in [0, 0.1) is 5.92 Å². The van der Waals surface area contributed by atoms with E-state index in [1.165, 1.54) is 5.01 Å². The van der Waals surface area contributed by atoms with Gasteiger partial charge in [-0.1, -0.05) is 6.58 Å². The monoisotopic (exact) mass is 210 g/mol. The number of esters is 1. The zero-order chi connectivity index (χ0) is 11.4. The van der Waals surface area contributed by atoms with E-state index in [9.17, 15) is 9.59 Å². The van der Waals surface area contributed by atoms with Crippen molar-refractivity contribution in [3.8, 4) is 0 Å². The van der Waals surface area contributed by atoms with E-state index >= 15 is 0 Å². The molecule has 5 heteroatoms. The summed E-state index contributed by atoms with van der Waals surface area (Å²) in [6.45, 7) is 7.30. The van der Waals surface area contributed by atoms with Crippen LogP contribution >= 0.6 is 0 Å². The van der Waals surface area contributed by atoms with Crippen molar-refractivity contribution in [2.75, 3.05) is 13.2 Å². The molecule has 0 aliphatic carbocycles. The van der Waals surface area contributed by atoms with Crippen LogP contribution in [0.25, 0.3) is 0 Å². The van der Waals surface area contributed by atoms with Gasteiger partial charge in [0.1, 0.15) is 6.61 Å². The fourth-order valence-corrected chi connectivity index (χ4v) is 1.18. The molecule has 1 atom stereocenters. The summed E-state index contributed by atoms with van der Waals surface area (Å²) in [5.41, 5.74) is 0.787. The largest absolute Gasteiger partial charge is 0.461 e. The molecule has 15 heavy (non-hydrogen) atoms. The molecule has 0 radical (unpaired) electrons. The third kappa shape index (κ3) is 2.65. The molecule has 0 saturated carbocycles. The van der Waals surface area contributed by atoms with E-state index in [1.807, 2.05) is 0 Å². The number of hydrogen-bond donors (Lipinski definition) is 0. The minimum atomic E-state index is -0.490. The molecule has 1 unspecified atom stereocenters. The first kappa shape index (κ1) is 11.4. The summed E-state index contributed by atoms with van der Waals surface area (Å²) < 4.78 is 4.75. The number of amides is 1. The second kappa shape index (κ2) is 4.72. The van der Waals surface area contributed by atoms with Gasteiger partial charge in [-0.25, -0.2) is 9.80 Å². The second-order valence-electron chi connectivity index (χ2n) is 3.30. The van der Waals surface area contributed by atoms with Crippen LogP contribution in [-0.4, -0.2) is 35.7 Å². The first-order chi connectivity index (χ1) is 7.06. The Kier molecular flexibility index (Phi) is 3.60. The Morgan fingerprint density at radius 1 is 1.73 bits per heavy atom. The maximum atomic E-state index is 11.5.